The number of carbonyl (C=O) groups excluding carboxylic acids is 2. The van der Waals surface area contributed by atoms with Gasteiger partial charge in [-0.05, 0) is 48.7 Å². The van der Waals surface area contributed by atoms with Crippen LogP contribution in [-0.4, -0.2) is 62.5 Å². The molecule has 0 atom stereocenters. The summed E-state index contributed by atoms with van der Waals surface area (Å²) in [6.45, 7) is 0.964. The van der Waals surface area contributed by atoms with Gasteiger partial charge in [-0.25, -0.2) is 8.42 Å². The Bertz CT molecular complexity index is 1250. The zero-order chi connectivity index (χ0) is 24.0. The van der Waals surface area contributed by atoms with Gasteiger partial charge in [0.1, 0.15) is 0 Å². The van der Waals surface area contributed by atoms with E-state index in [1.165, 1.54) is 28.6 Å². The average molecular weight is 486 g/mol. The SMILES string of the molecule is O=C(COC(=O)CCCc1c[nH]c2ccccc12)Nc1ccc(S(=O)(=O)N2CCOCC2)cc1. The highest BCUT2D eigenvalue weighted by molar-refractivity contribution is 7.89. The summed E-state index contributed by atoms with van der Waals surface area (Å²) >= 11 is 0. The molecule has 1 amide bonds. The molecule has 2 aromatic carbocycles. The number of benzene rings is 2. The minimum absolute atomic E-state index is 0.147. The fourth-order valence-electron chi connectivity index (χ4n) is 3.82. The van der Waals surface area contributed by atoms with Crippen LogP contribution in [0.4, 0.5) is 5.69 Å². The van der Waals surface area contributed by atoms with E-state index in [1.807, 2.05) is 30.5 Å². The van der Waals surface area contributed by atoms with Gasteiger partial charge >= 0.3 is 5.97 Å². The van der Waals surface area contributed by atoms with E-state index in [2.05, 4.69) is 10.3 Å². The summed E-state index contributed by atoms with van der Waals surface area (Å²) in [5.74, 6) is -0.935. The van der Waals surface area contributed by atoms with Crippen molar-refractivity contribution in [2.24, 2.45) is 0 Å². The number of anilines is 1. The number of amides is 1. The maximum absolute atomic E-state index is 12.6. The molecule has 2 N–H and O–H groups in total. The minimum atomic E-state index is -3.60. The van der Waals surface area contributed by atoms with Crippen LogP contribution in [-0.2, 0) is 35.5 Å². The molecule has 1 aromatic heterocycles. The lowest BCUT2D eigenvalue weighted by molar-refractivity contribution is -0.147. The van der Waals surface area contributed by atoms with Gasteiger partial charge in [-0.1, -0.05) is 18.2 Å². The number of sulfonamides is 1. The molecule has 0 saturated carbocycles. The molecule has 1 aliphatic heterocycles. The first kappa shape index (κ1) is 23.9. The molecule has 180 valence electrons. The Morgan fingerprint density at radius 2 is 1.79 bits per heavy atom. The highest BCUT2D eigenvalue weighted by Crippen LogP contribution is 2.20. The number of rotatable bonds is 9. The summed E-state index contributed by atoms with van der Waals surface area (Å²) in [5, 5.41) is 3.74. The van der Waals surface area contributed by atoms with E-state index in [4.69, 9.17) is 9.47 Å². The molecule has 1 aliphatic rings. The van der Waals surface area contributed by atoms with Crippen molar-refractivity contribution in [3.8, 4) is 0 Å². The van der Waals surface area contributed by atoms with Crippen LogP contribution in [0.15, 0.2) is 59.6 Å². The van der Waals surface area contributed by atoms with Crippen molar-refractivity contribution in [1.29, 1.82) is 0 Å². The smallest absolute Gasteiger partial charge is 0.306 e. The lowest BCUT2D eigenvalue weighted by Crippen LogP contribution is -2.40. The van der Waals surface area contributed by atoms with E-state index >= 15 is 0 Å². The number of para-hydroxylation sites is 1. The third kappa shape index (κ3) is 5.82. The fourth-order valence-corrected chi connectivity index (χ4v) is 5.23. The Hall–Kier alpha value is -3.21. The monoisotopic (exact) mass is 485 g/mol. The molecule has 34 heavy (non-hydrogen) atoms. The van der Waals surface area contributed by atoms with Crippen molar-refractivity contribution in [2.45, 2.75) is 24.2 Å². The number of aryl methyl sites for hydroxylation is 1. The van der Waals surface area contributed by atoms with Gasteiger partial charge in [0.2, 0.25) is 10.0 Å². The highest BCUT2D eigenvalue weighted by atomic mass is 32.2. The van der Waals surface area contributed by atoms with Gasteiger partial charge in [-0.15, -0.1) is 0 Å². The van der Waals surface area contributed by atoms with E-state index < -0.39 is 28.5 Å². The first-order chi connectivity index (χ1) is 16.4. The fraction of sp³-hybridized carbons (Fsp3) is 0.333. The molecular formula is C24H27N3O6S. The van der Waals surface area contributed by atoms with Gasteiger partial charge in [0, 0.05) is 42.3 Å². The summed E-state index contributed by atoms with van der Waals surface area (Å²) in [5.41, 5.74) is 2.62. The van der Waals surface area contributed by atoms with Gasteiger partial charge in [0.05, 0.1) is 18.1 Å². The van der Waals surface area contributed by atoms with Gasteiger partial charge in [-0.2, -0.15) is 4.31 Å². The number of morpholine rings is 1. The number of carbonyl (C=O) groups is 2. The quantitative estimate of drug-likeness (QED) is 0.450. The number of aromatic nitrogens is 1. The number of aromatic amines is 1. The zero-order valence-electron chi connectivity index (χ0n) is 18.7. The molecule has 4 rings (SSSR count). The highest BCUT2D eigenvalue weighted by Gasteiger charge is 2.26. The van der Waals surface area contributed by atoms with Crippen LogP contribution in [0.3, 0.4) is 0 Å². The van der Waals surface area contributed by atoms with Crippen LogP contribution in [0.5, 0.6) is 0 Å². The molecule has 0 spiro atoms. The van der Waals surface area contributed by atoms with Crippen LogP contribution in [0.1, 0.15) is 18.4 Å². The van der Waals surface area contributed by atoms with E-state index in [9.17, 15) is 18.0 Å². The second kappa shape index (κ2) is 10.8. The number of nitrogens with one attached hydrogen (secondary N) is 2. The summed E-state index contributed by atoms with van der Waals surface area (Å²) < 4.78 is 36.9. The third-order valence-electron chi connectivity index (χ3n) is 5.61. The second-order valence-corrected chi connectivity index (χ2v) is 9.90. The molecule has 0 bridgehead atoms. The molecule has 9 nitrogen and oxygen atoms in total. The Kier molecular flexibility index (Phi) is 7.61. The zero-order valence-corrected chi connectivity index (χ0v) is 19.5. The molecule has 3 aromatic rings. The van der Waals surface area contributed by atoms with Gasteiger partial charge in [-0.3, -0.25) is 9.59 Å². The van der Waals surface area contributed by atoms with Gasteiger partial charge in [0.15, 0.2) is 6.61 Å². The third-order valence-corrected chi connectivity index (χ3v) is 7.52. The molecule has 2 heterocycles. The summed E-state index contributed by atoms with van der Waals surface area (Å²) in [6, 6.07) is 13.9. The Morgan fingerprint density at radius 1 is 1.06 bits per heavy atom. The van der Waals surface area contributed by atoms with E-state index in [1.54, 1.807) is 0 Å². The van der Waals surface area contributed by atoms with E-state index in [0.29, 0.717) is 38.4 Å². The Morgan fingerprint density at radius 3 is 2.56 bits per heavy atom. The number of fused-ring (bicyclic) bond motifs is 1. The van der Waals surface area contributed by atoms with Crippen molar-refractivity contribution in [2.75, 3.05) is 38.2 Å². The van der Waals surface area contributed by atoms with Gasteiger partial charge in [0.25, 0.3) is 5.91 Å². The Labute approximate surface area is 198 Å². The predicted molar refractivity (Wildman–Crippen MR) is 127 cm³/mol. The molecule has 0 radical (unpaired) electrons. The number of hydrogen-bond donors (Lipinski definition) is 2. The molecule has 0 unspecified atom stereocenters. The number of esters is 1. The van der Waals surface area contributed by atoms with Crippen molar-refractivity contribution in [3.05, 3.63) is 60.3 Å². The number of H-pyrrole nitrogens is 1. The van der Waals surface area contributed by atoms with Crippen LogP contribution >= 0.6 is 0 Å². The number of ether oxygens (including phenoxy) is 2. The first-order valence-electron chi connectivity index (χ1n) is 11.1. The Balaban J connectivity index is 1.20. The predicted octanol–water partition coefficient (Wildman–Crippen LogP) is 2.69. The molecule has 1 saturated heterocycles. The van der Waals surface area contributed by atoms with Crippen molar-refractivity contribution in [1.82, 2.24) is 9.29 Å². The molecule has 1 fully saturated rings. The molecule has 0 aliphatic carbocycles. The van der Waals surface area contributed by atoms with Gasteiger partial charge < -0.3 is 19.8 Å². The van der Waals surface area contributed by atoms with E-state index in [0.717, 1.165) is 22.9 Å². The summed E-state index contributed by atoms with van der Waals surface area (Å²) in [7, 11) is -3.60. The van der Waals surface area contributed by atoms with Crippen LogP contribution in [0.25, 0.3) is 10.9 Å². The second-order valence-electron chi connectivity index (χ2n) is 7.96. The van der Waals surface area contributed by atoms with E-state index in [-0.39, 0.29) is 11.3 Å². The minimum Gasteiger partial charge on any atom is -0.456 e. The maximum atomic E-state index is 12.6. The lowest BCUT2D eigenvalue weighted by atomic mass is 10.1. The lowest BCUT2D eigenvalue weighted by Gasteiger charge is -2.26. The molecule has 10 heteroatoms. The van der Waals surface area contributed by atoms with Crippen LogP contribution in [0.2, 0.25) is 0 Å². The summed E-state index contributed by atoms with van der Waals surface area (Å²) in [6.07, 6.45) is 3.49. The van der Waals surface area contributed by atoms with Crippen LogP contribution < -0.4 is 5.32 Å². The van der Waals surface area contributed by atoms with Crippen molar-refractivity contribution in [3.63, 3.8) is 0 Å². The van der Waals surface area contributed by atoms with Crippen molar-refractivity contribution < 1.29 is 27.5 Å². The van der Waals surface area contributed by atoms with Crippen molar-refractivity contribution >= 4 is 38.5 Å². The number of nitrogens with zero attached hydrogens (tertiary/aromatic N) is 1. The maximum Gasteiger partial charge on any atom is 0.306 e. The standard InChI is InChI=1S/C24H27N3O6S/c28-23(17-33-24(29)7-3-4-18-16-25-22-6-2-1-5-21(18)22)26-19-8-10-20(11-9-19)34(30,31)27-12-14-32-15-13-27/h1-2,5-6,8-11,16,25H,3-4,7,12-15,17H2,(H,26,28). The summed E-state index contributed by atoms with van der Waals surface area (Å²) in [4.78, 5) is 27.5. The normalized spacial score (nSPS) is 14.7. The average Bonchev–Trinajstić information content (AvgIpc) is 3.27. The number of hydrogen-bond acceptors (Lipinski definition) is 6. The van der Waals surface area contributed by atoms with Crippen LogP contribution in [0, 0.1) is 0 Å². The largest absolute Gasteiger partial charge is 0.456 e. The molecular weight excluding hydrogens is 458 g/mol. The first-order valence-corrected chi connectivity index (χ1v) is 12.6. The topological polar surface area (TPSA) is 118 Å².